The molecule has 13 heteroatoms. The van der Waals surface area contributed by atoms with Gasteiger partial charge in [-0.05, 0) is 68.5 Å². The van der Waals surface area contributed by atoms with Crippen LogP contribution in [0.1, 0.15) is 61.9 Å². The third-order valence-corrected chi connectivity index (χ3v) is 8.06. The number of rotatable bonds is 4. The van der Waals surface area contributed by atoms with Gasteiger partial charge in [-0.3, -0.25) is 19.2 Å². The number of methoxy groups -OCH3 is 2. The van der Waals surface area contributed by atoms with E-state index in [0.717, 1.165) is 19.4 Å². The van der Waals surface area contributed by atoms with E-state index in [4.69, 9.17) is 14.2 Å². The lowest BCUT2D eigenvalue weighted by molar-refractivity contribution is -0.139. The van der Waals surface area contributed by atoms with Gasteiger partial charge in [0, 0.05) is 18.7 Å². The molecule has 0 radical (unpaired) electrons. The van der Waals surface area contributed by atoms with Crippen molar-refractivity contribution >= 4 is 36.0 Å². The van der Waals surface area contributed by atoms with Crippen LogP contribution in [0.15, 0.2) is 36.4 Å². The fourth-order valence-corrected chi connectivity index (χ4v) is 5.52. The van der Waals surface area contributed by atoms with Crippen LogP contribution >= 0.6 is 12.4 Å². The molecule has 2 bridgehead atoms. The minimum Gasteiger partial charge on any atom is -0.496 e. The first-order valence-corrected chi connectivity index (χ1v) is 15.6. The molecule has 2 aliphatic heterocycles. The number of hydrogen-bond donors (Lipinski definition) is 4. The van der Waals surface area contributed by atoms with Crippen LogP contribution in [-0.2, 0) is 20.9 Å². The van der Waals surface area contributed by atoms with Crippen molar-refractivity contribution in [2.45, 2.75) is 64.6 Å². The van der Waals surface area contributed by atoms with E-state index >= 15 is 0 Å². The minimum atomic E-state index is -0.834. The Morgan fingerprint density at radius 3 is 2.39 bits per heavy atom. The van der Waals surface area contributed by atoms with Crippen LogP contribution in [0.2, 0.25) is 0 Å². The summed E-state index contributed by atoms with van der Waals surface area (Å²) >= 11 is 0. The molecule has 4 rings (SSSR count). The number of carbonyl (C=O) groups is 4. The Kier molecular flexibility index (Phi) is 13.9. The number of piperidine rings is 1. The number of halogens is 1. The third kappa shape index (κ3) is 9.49. The average molecular weight is 660 g/mol. The molecule has 4 amide bonds. The van der Waals surface area contributed by atoms with E-state index in [-0.39, 0.29) is 55.2 Å². The molecule has 4 N–H and O–H groups in total. The van der Waals surface area contributed by atoms with Gasteiger partial charge in [-0.25, -0.2) is 0 Å². The second-order valence-electron chi connectivity index (χ2n) is 11.6. The molecule has 46 heavy (non-hydrogen) atoms. The van der Waals surface area contributed by atoms with Crippen LogP contribution in [0.4, 0.5) is 0 Å². The number of fused-ring (bicyclic) bond motifs is 3. The quantitative estimate of drug-likeness (QED) is 0.392. The summed E-state index contributed by atoms with van der Waals surface area (Å²) in [6.45, 7) is 5.05. The van der Waals surface area contributed by atoms with Crippen LogP contribution in [0, 0.1) is 5.92 Å². The minimum absolute atomic E-state index is 0. The van der Waals surface area contributed by atoms with Crippen LogP contribution in [0.25, 0.3) is 0 Å². The van der Waals surface area contributed by atoms with Crippen LogP contribution in [0.5, 0.6) is 23.0 Å². The van der Waals surface area contributed by atoms with E-state index in [2.05, 4.69) is 21.3 Å². The maximum atomic E-state index is 13.5. The Morgan fingerprint density at radius 1 is 0.935 bits per heavy atom. The topological polar surface area (TPSA) is 147 Å². The predicted molar refractivity (Wildman–Crippen MR) is 176 cm³/mol. The number of benzene rings is 2. The van der Waals surface area contributed by atoms with E-state index in [9.17, 15) is 19.2 Å². The second kappa shape index (κ2) is 17.6. The summed E-state index contributed by atoms with van der Waals surface area (Å²) in [5.74, 6) is 0.193. The van der Waals surface area contributed by atoms with Crippen LogP contribution < -0.4 is 35.5 Å². The lowest BCUT2D eigenvalue weighted by Gasteiger charge is -2.30. The average Bonchev–Trinajstić information content (AvgIpc) is 3.05. The standard InChI is InChI=1S/C33H45N5O7.ClH/c1-21(2)30-32(41)36-19-23-25(43-3)11-9-12-26(23)45-28-18-22(13-14-27(28)44-4)31(40)35-16-7-8-17-38(20-29(39)37-30)33(42)24-10-5-6-15-34-24;/h9,11-14,18,21,24,30,34H,5-8,10,15-17,19-20H2,1-4H3,(H,35,40)(H,36,41)(H,37,39);1H/t24-,30?;/m0./s1. The molecule has 0 aromatic heterocycles. The third-order valence-electron chi connectivity index (χ3n) is 8.06. The zero-order chi connectivity index (χ0) is 32.3. The summed E-state index contributed by atoms with van der Waals surface area (Å²) < 4.78 is 17.3. The van der Waals surface area contributed by atoms with Crippen molar-refractivity contribution in [3.63, 3.8) is 0 Å². The van der Waals surface area contributed by atoms with Gasteiger partial charge in [0.1, 0.15) is 17.5 Å². The highest BCUT2D eigenvalue weighted by Crippen LogP contribution is 2.37. The predicted octanol–water partition coefficient (Wildman–Crippen LogP) is 3.17. The summed E-state index contributed by atoms with van der Waals surface area (Å²) in [4.78, 5) is 54.8. The monoisotopic (exact) mass is 659 g/mol. The van der Waals surface area contributed by atoms with Gasteiger partial charge in [0.05, 0.1) is 38.9 Å². The van der Waals surface area contributed by atoms with Gasteiger partial charge in [0.25, 0.3) is 5.91 Å². The van der Waals surface area contributed by atoms with Crippen molar-refractivity contribution in [3.8, 4) is 23.0 Å². The van der Waals surface area contributed by atoms with Gasteiger partial charge in [0.2, 0.25) is 17.7 Å². The van der Waals surface area contributed by atoms with Gasteiger partial charge >= 0.3 is 0 Å². The first-order chi connectivity index (χ1) is 21.7. The van der Waals surface area contributed by atoms with Crippen molar-refractivity contribution in [3.05, 3.63) is 47.5 Å². The number of ether oxygens (including phenoxy) is 3. The second-order valence-corrected chi connectivity index (χ2v) is 11.6. The molecule has 1 unspecified atom stereocenters. The van der Waals surface area contributed by atoms with Crippen molar-refractivity contribution < 1.29 is 33.4 Å². The highest BCUT2D eigenvalue weighted by atomic mass is 35.5. The van der Waals surface area contributed by atoms with E-state index in [1.54, 1.807) is 41.3 Å². The van der Waals surface area contributed by atoms with Crippen molar-refractivity contribution in [1.82, 2.24) is 26.2 Å². The Morgan fingerprint density at radius 2 is 1.70 bits per heavy atom. The van der Waals surface area contributed by atoms with E-state index in [1.807, 2.05) is 13.8 Å². The maximum Gasteiger partial charge on any atom is 0.251 e. The number of carbonyl (C=O) groups excluding carboxylic acids is 4. The van der Waals surface area contributed by atoms with Crippen molar-refractivity contribution in [2.75, 3.05) is 40.4 Å². The fraction of sp³-hybridized carbons (Fsp3) is 0.515. The molecule has 0 saturated carbocycles. The lowest BCUT2D eigenvalue weighted by atomic mass is 10.0. The summed E-state index contributed by atoms with van der Waals surface area (Å²) in [7, 11) is 3.03. The summed E-state index contributed by atoms with van der Waals surface area (Å²) in [6, 6.07) is 8.99. The van der Waals surface area contributed by atoms with Crippen molar-refractivity contribution in [2.24, 2.45) is 5.92 Å². The van der Waals surface area contributed by atoms with E-state index in [0.29, 0.717) is 66.5 Å². The first kappa shape index (κ1) is 36.4. The molecule has 252 valence electrons. The van der Waals surface area contributed by atoms with Gasteiger partial charge < -0.3 is 40.4 Å². The van der Waals surface area contributed by atoms with E-state index in [1.165, 1.54) is 14.2 Å². The number of nitrogens with zero attached hydrogens (tertiary/aromatic N) is 1. The Balaban J connectivity index is 0.00000576. The maximum absolute atomic E-state index is 13.5. The molecule has 1 fully saturated rings. The molecule has 0 spiro atoms. The zero-order valence-corrected chi connectivity index (χ0v) is 27.8. The van der Waals surface area contributed by atoms with Crippen LogP contribution in [-0.4, -0.2) is 81.0 Å². The van der Waals surface area contributed by atoms with Gasteiger partial charge in [-0.1, -0.05) is 26.3 Å². The lowest BCUT2D eigenvalue weighted by Crippen LogP contribution is -2.55. The number of amides is 4. The Labute approximate surface area is 276 Å². The zero-order valence-electron chi connectivity index (χ0n) is 27.0. The van der Waals surface area contributed by atoms with Gasteiger partial charge in [0.15, 0.2) is 11.5 Å². The van der Waals surface area contributed by atoms with E-state index < -0.39 is 11.9 Å². The smallest absolute Gasteiger partial charge is 0.251 e. The number of hydrogen-bond acceptors (Lipinski definition) is 8. The molecule has 2 aliphatic rings. The highest BCUT2D eigenvalue weighted by molar-refractivity contribution is 5.95. The molecular weight excluding hydrogens is 614 g/mol. The first-order valence-electron chi connectivity index (χ1n) is 15.6. The Hall–Kier alpha value is -4.03. The molecule has 2 aromatic rings. The van der Waals surface area contributed by atoms with Gasteiger partial charge in [-0.2, -0.15) is 0 Å². The molecule has 12 nitrogen and oxygen atoms in total. The molecule has 2 aromatic carbocycles. The van der Waals surface area contributed by atoms with Crippen molar-refractivity contribution in [1.29, 1.82) is 0 Å². The summed E-state index contributed by atoms with van der Waals surface area (Å²) in [5.41, 5.74) is 0.944. The molecule has 2 heterocycles. The Bertz CT molecular complexity index is 1370. The van der Waals surface area contributed by atoms with Gasteiger partial charge in [-0.15, -0.1) is 12.4 Å². The number of nitrogens with one attached hydrogen (secondary N) is 4. The summed E-state index contributed by atoms with van der Waals surface area (Å²) in [5, 5.41) is 12.0. The largest absolute Gasteiger partial charge is 0.496 e. The highest BCUT2D eigenvalue weighted by Gasteiger charge is 2.30. The molecule has 1 saturated heterocycles. The normalized spacial score (nSPS) is 20.1. The fourth-order valence-electron chi connectivity index (χ4n) is 5.52. The van der Waals surface area contributed by atoms with Crippen LogP contribution in [0.3, 0.4) is 0 Å². The molecule has 2 atom stereocenters. The summed E-state index contributed by atoms with van der Waals surface area (Å²) in [6.07, 6.45) is 3.83. The SMILES string of the molecule is COc1ccc2cc1Oc1cccc(OC)c1CNC(=O)C(C(C)C)NC(=O)CN(C(=O)[C@@H]1CCCCN1)CCCCNC2=O.Cl. The molecule has 0 aliphatic carbocycles. The molecular formula is C33H46ClN5O7.